The van der Waals surface area contributed by atoms with E-state index in [1.807, 2.05) is 6.92 Å². The van der Waals surface area contributed by atoms with Gasteiger partial charge >= 0.3 is 0 Å². The van der Waals surface area contributed by atoms with Crippen LogP contribution in [0.3, 0.4) is 0 Å². The Bertz CT molecular complexity index is 585. The molecule has 1 saturated heterocycles. The van der Waals surface area contributed by atoms with Crippen molar-refractivity contribution >= 4 is 37.3 Å². The third-order valence-corrected chi connectivity index (χ3v) is 8.69. The van der Waals surface area contributed by atoms with Gasteiger partial charge in [0.25, 0.3) is 10.0 Å². The zero-order valence-electron chi connectivity index (χ0n) is 12.1. The summed E-state index contributed by atoms with van der Waals surface area (Å²) >= 11 is 4.76. The van der Waals surface area contributed by atoms with Gasteiger partial charge in [0.1, 0.15) is 4.21 Å². The molecule has 1 aliphatic heterocycles. The van der Waals surface area contributed by atoms with Crippen LogP contribution in [0.25, 0.3) is 0 Å². The van der Waals surface area contributed by atoms with Gasteiger partial charge in [0.05, 0.1) is 3.79 Å². The number of nitrogens with zero attached hydrogens (tertiary/aromatic N) is 1. The van der Waals surface area contributed by atoms with Gasteiger partial charge < -0.3 is 5.32 Å². The van der Waals surface area contributed by atoms with Crippen molar-refractivity contribution in [3.8, 4) is 0 Å². The predicted molar refractivity (Wildman–Crippen MR) is 89.3 cm³/mol. The van der Waals surface area contributed by atoms with Gasteiger partial charge in [-0.25, -0.2) is 8.42 Å². The smallest absolute Gasteiger partial charge is 0.252 e. The van der Waals surface area contributed by atoms with Crippen LogP contribution in [-0.4, -0.2) is 38.4 Å². The topological polar surface area (TPSA) is 49.4 Å². The molecule has 21 heavy (non-hydrogen) atoms. The number of nitrogens with one attached hydrogen (secondary N) is 1. The Kier molecular flexibility index (Phi) is 4.76. The first-order chi connectivity index (χ1) is 9.98. The highest BCUT2D eigenvalue weighted by Gasteiger charge is 2.40. The van der Waals surface area contributed by atoms with Crippen molar-refractivity contribution in [1.82, 2.24) is 9.62 Å². The molecule has 7 heteroatoms. The average molecular weight is 393 g/mol. The van der Waals surface area contributed by atoms with Crippen LogP contribution in [0.5, 0.6) is 0 Å². The lowest BCUT2D eigenvalue weighted by Gasteiger charge is -2.29. The van der Waals surface area contributed by atoms with E-state index in [0.29, 0.717) is 16.7 Å². The number of thiophene rings is 1. The monoisotopic (exact) mass is 392 g/mol. The number of piperidine rings is 1. The molecule has 1 saturated carbocycles. The predicted octanol–water partition coefficient (Wildman–Crippen LogP) is 2.97. The molecule has 1 aromatic rings. The van der Waals surface area contributed by atoms with E-state index in [9.17, 15) is 8.42 Å². The first-order valence-electron chi connectivity index (χ1n) is 7.47. The SMILES string of the molecule is Cc1cc(S(=O)(=O)N(CC2CCCNC2)C2CC2)sc1Br. The molecular weight excluding hydrogens is 372 g/mol. The van der Waals surface area contributed by atoms with E-state index in [4.69, 9.17) is 0 Å². The average Bonchev–Trinajstić information content (AvgIpc) is 3.23. The molecule has 0 amide bonds. The van der Waals surface area contributed by atoms with Crippen LogP contribution in [0.15, 0.2) is 14.1 Å². The fourth-order valence-corrected chi connectivity index (χ4v) is 6.93. The minimum Gasteiger partial charge on any atom is -0.316 e. The third-order valence-electron chi connectivity index (χ3n) is 4.19. The Balaban J connectivity index is 1.82. The van der Waals surface area contributed by atoms with Crippen molar-refractivity contribution in [1.29, 1.82) is 0 Å². The van der Waals surface area contributed by atoms with Crippen LogP contribution in [0.1, 0.15) is 31.2 Å². The molecule has 0 aromatic carbocycles. The minimum absolute atomic E-state index is 0.220. The van der Waals surface area contributed by atoms with Crippen LogP contribution >= 0.6 is 27.3 Å². The van der Waals surface area contributed by atoms with Gasteiger partial charge in [-0.3, -0.25) is 0 Å². The first kappa shape index (κ1) is 15.9. The van der Waals surface area contributed by atoms with Crippen molar-refractivity contribution in [3.05, 3.63) is 15.4 Å². The molecule has 0 radical (unpaired) electrons. The van der Waals surface area contributed by atoms with Gasteiger partial charge in [0.2, 0.25) is 0 Å². The molecule has 2 fully saturated rings. The number of sulfonamides is 1. The maximum absolute atomic E-state index is 12.9. The number of halogens is 1. The second kappa shape index (κ2) is 6.28. The van der Waals surface area contributed by atoms with Crippen LogP contribution in [-0.2, 0) is 10.0 Å². The summed E-state index contributed by atoms with van der Waals surface area (Å²) in [5.41, 5.74) is 0.994. The van der Waals surface area contributed by atoms with Crippen molar-refractivity contribution < 1.29 is 8.42 Å². The number of hydrogen-bond donors (Lipinski definition) is 1. The molecule has 2 heterocycles. The van der Waals surface area contributed by atoms with E-state index in [2.05, 4.69) is 21.2 Å². The summed E-state index contributed by atoms with van der Waals surface area (Å²) in [7, 11) is -3.34. The van der Waals surface area contributed by atoms with Crippen LogP contribution in [0.4, 0.5) is 0 Å². The summed E-state index contributed by atoms with van der Waals surface area (Å²) in [6, 6.07) is 2.01. The largest absolute Gasteiger partial charge is 0.316 e. The lowest BCUT2D eigenvalue weighted by atomic mass is 10.00. The molecule has 1 aliphatic carbocycles. The van der Waals surface area contributed by atoms with Crippen molar-refractivity contribution in [2.24, 2.45) is 5.92 Å². The second-order valence-electron chi connectivity index (χ2n) is 6.04. The number of rotatable bonds is 5. The Morgan fingerprint density at radius 1 is 1.43 bits per heavy atom. The van der Waals surface area contributed by atoms with Crippen LogP contribution in [0, 0.1) is 12.8 Å². The van der Waals surface area contributed by atoms with E-state index < -0.39 is 10.0 Å². The van der Waals surface area contributed by atoms with Crippen LogP contribution in [0.2, 0.25) is 0 Å². The Morgan fingerprint density at radius 3 is 2.71 bits per heavy atom. The summed E-state index contributed by atoms with van der Waals surface area (Å²) in [5, 5.41) is 3.38. The standard InChI is InChI=1S/C14H21BrN2O2S2/c1-10-7-13(20-14(10)15)21(18,19)17(12-4-5-12)9-11-3-2-6-16-8-11/h7,11-12,16H,2-6,8-9H2,1H3. The lowest BCUT2D eigenvalue weighted by molar-refractivity contribution is 0.287. The van der Waals surface area contributed by atoms with Gasteiger partial charge in [-0.05, 0) is 79.2 Å². The van der Waals surface area contributed by atoms with Crippen LogP contribution < -0.4 is 5.32 Å². The molecule has 118 valence electrons. The molecule has 0 bridgehead atoms. The minimum atomic E-state index is -3.34. The zero-order valence-corrected chi connectivity index (χ0v) is 15.4. The molecule has 1 atom stereocenters. The normalized spacial score (nSPS) is 23.7. The Labute approximate surface area is 139 Å². The zero-order chi connectivity index (χ0) is 15.0. The molecule has 2 aliphatic rings. The quantitative estimate of drug-likeness (QED) is 0.837. The first-order valence-corrected chi connectivity index (χ1v) is 10.5. The van der Waals surface area contributed by atoms with Gasteiger partial charge in [0, 0.05) is 12.6 Å². The molecule has 1 unspecified atom stereocenters. The molecule has 1 N–H and O–H groups in total. The van der Waals surface area contributed by atoms with Gasteiger partial charge in [-0.15, -0.1) is 11.3 Å². The molecule has 1 aromatic heterocycles. The van der Waals surface area contributed by atoms with E-state index >= 15 is 0 Å². The van der Waals surface area contributed by atoms with E-state index in [0.717, 1.165) is 48.1 Å². The summed E-state index contributed by atoms with van der Waals surface area (Å²) < 4.78 is 29.1. The fraction of sp³-hybridized carbons (Fsp3) is 0.714. The Hall–Kier alpha value is 0.0500. The summed E-state index contributed by atoms with van der Waals surface area (Å²) in [6.45, 7) is 4.59. The van der Waals surface area contributed by atoms with Gasteiger partial charge in [-0.2, -0.15) is 4.31 Å². The molecular formula is C14H21BrN2O2S2. The number of hydrogen-bond acceptors (Lipinski definition) is 4. The maximum Gasteiger partial charge on any atom is 0.252 e. The third kappa shape index (κ3) is 3.52. The lowest BCUT2D eigenvalue weighted by Crippen LogP contribution is -2.41. The molecule has 4 nitrogen and oxygen atoms in total. The van der Waals surface area contributed by atoms with Gasteiger partial charge in [-0.1, -0.05) is 0 Å². The van der Waals surface area contributed by atoms with Gasteiger partial charge in [0.15, 0.2) is 0 Å². The van der Waals surface area contributed by atoms with E-state index in [-0.39, 0.29) is 6.04 Å². The molecule has 3 rings (SSSR count). The highest BCUT2D eigenvalue weighted by atomic mass is 79.9. The molecule has 0 spiro atoms. The highest BCUT2D eigenvalue weighted by molar-refractivity contribution is 9.11. The van der Waals surface area contributed by atoms with E-state index in [1.54, 1.807) is 10.4 Å². The van der Waals surface area contributed by atoms with Crippen molar-refractivity contribution in [2.45, 2.75) is 42.9 Å². The highest BCUT2D eigenvalue weighted by Crippen LogP contribution is 2.37. The van der Waals surface area contributed by atoms with Crippen molar-refractivity contribution in [2.75, 3.05) is 19.6 Å². The summed E-state index contributed by atoms with van der Waals surface area (Å²) in [6.07, 6.45) is 4.28. The number of aryl methyl sites for hydroxylation is 1. The summed E-state index contributed by atoms with van der Waals surface area (Å²) in [4.78, 5) is 0. The second-order valence-corrected chi connectivity index (χ2v) is 10.5. The van der Waals surface area contributed by atoms with E-state index in [1.165, 1.54) is 11.3 Å². The van der Waals surface area contributed by atoms with Crippen molar-refractivity contribution in [3.63, 3.8) is 0 Å². The Morgan fingerprint density at radius 2 is 2.19 bits per heavy atom. The maximum atomic E-state index is 12.9. The fourth-order valence-electron chi connectivity index (χ4n) is 2.81. The summed E-state index contributed by atoms with van der Waals surface area (Å²) in [5.74, 6) is 0.443.